The van der Waals surface area contributed by atoms with Crippen LogP contribution in [0.3, 0.4) is 0 Å². The Kier molecular flexibility index (Phi) is 4.05. The van der Waals surface area contributed by atoms with Gasteiger partial charge in [-0.05, 0) is 37.5 Å². The largest absolute Gasteiger partial charge is 0.373 e. The van der Waals surface area contributed by atoms with Crippen molar-refractivity contribution in [1.82, 2.24) is 19.5 Å². The molecule has 1 fully saturated rings. The fourth-order valence-electron chi connectivity index (χ4n) is 3.38. The molecule has 3 aromatic heterocycles. The van der Waals surface area contributed by atoms with E-state index in [2.05, 4.69) is 15.0 Å². The average Bonchev–Trinajstić information content (AvgIpc) is 2.66. The predicted octanol–water partition coefficient (Wildman–Crippen LogP) is 2.67. The van der Waals surface area contributed by atoms with Crippen LogP contribution in [0.25, 0.3) is 10.9 Å². The molecular weight excluding hydrogens is 316 g/mol. The van der Waals surface area contributed by atoms with Crippen molar-refractivity contribution in [2.24, 2.45) is 7.05 Å². The van der Waals surface area contributed by atoms with E-state index >= 15 is 0 Å². The SMILES string of the molecule is Cc1nc2cc([C@@H]3CCO[C@@H](c4cccnc4)C3)ncc2c(=O)n1C. The lowest BCUT2D eigenvalue weighted by molar-refractivity contribution is 0.00447. The molecule has 4 rings (SSSR count). The van der Waals surface area contributed by atoms with Gasteiger partial charge in [-0.15, -0.1) is 0 Å². The number of pyridine rings is 2. The maximum atomic E-state index is 12.3. The highest BCUT2D eigenvalue weighted by atomic mass is 16.5. The van der Waals surface area contributed by atoms with Crippen LogP contribution in [0.4, 0.5) is 0 Å². The molecule has 1 aliphatic heterocycles. The molecule has 6 heteroatoms. The topological polar surface area (TPSA) is 69.9 Å². The summed E-state index contributed by atoms with van der Waals surface area (Å²) in [7, 11) is 1.73. The van der Waals surface area contributed by atoms with E-state index in [0.29, 0.717) is 17.8 Å². The second-order valence-corrected chi connectivity index (χ2v) is 6.52. The van der Waals surface area contributed by atoms with Crippen molar-refractivity contribution in [3.05, 3.63) is 64.2 Å². The summed E-state index contributed by atoms with van der Waals surface area (Å²) in [6.45, 7) is 2.53. The summed E-state index contributed by atoms with van der Waals surface area (Å²) in [5.41, 5.74) is 2.73. The number of fused-ring (bicyclic) bond motifs is 1. The first-order valence-electron chi connectivity index (χ1n) is 8.48. The fourth-order valence-corrected chi connectivity index (χ4v) is 3.38. The van der Waals surface area contributed by atoms with Gasteiger partial charge in [0.05, 0.1) is 17.0 Å². The Hall–Kier alpha value is -2.60. The lowest BCUT2D eigenvalue weighted by Crippen LogP contribution is -2.22. The minimum absolute atomic E-state index is 0.0308. The van der Waals surface area contributed by atoms with Gasteiger partial charge in [-0.3, -0.25) is 19.3 Å². The van der Waals surface area contributed by atoms with Gasteiger partial charge in [0.2, 0.25) is 0 Å². The van der Waals surface area contributed by atoms with Crippen molar-refractivity contribution in [3.8, 4) is 0 Å². The number of aryl methyl sites for hydroxylation is 1. The quantitative estimate of drug-likeness (QED) is 0.719. The molecule has 0 N–H and O–H groups in total. The number of aromatic nitrogens is 4. The molecule has 4 heterocycles. The van der Waals surface area contributed by atoms with Gasteiger partial charge >= 0.3 is 0 Å². The Labute approximate surface area is 145 Å². The van der Waals surface area contributed by atoms with Crippen LogP contribution < -0.4 is 5.56 Å². The van der Waals surface area contributed by atoms with Crippen molar-refractivity contribution < 1.29 is 4.74 Å². The molecule has 3 aromatic rings. The molecule has 0 unspecified atom stereocenters. The third kappa shape index (κ3) is 2.93. The molecule has 0 bridgehead atoms. The molecule has 128 valence electrons. The van der Waals surface area contributed by atoms with Crippen LogP contribution in [0.2, 0.25) is 0 Å². The third-order valence-electron chi connectivity index (χ3n) is 4.96. The second kappa shape index (κ2) is 6.37. The number of ether oxygens (including phenoxy) is 1. The molecule has 25 heavy (non-hydrogen) atoms. The standard InChI is InChI=1S/C19H20N4O2/c1-12-22-17-9-16(21-11-15(17)19(24)23(12)2)13-5-7-25-18(8-13)14-4-3-6-20-10-14/h3-4,6,9-11,13,18H,5,7-8H2,1-2H3/t13-,18-/m1/s1. The number of hydrogen-bond acceptors (Lipinski definition) is 5. The second-order valence-electron chi connectivity index (χ2n) is 6.52. The van der Waals surface area contributed by atoms with Gasteiger partial charge in [0.1, 0.15) is 5.82 Å². The molecule has 1 aliphatic rings. The van der Waals surface area contributed by atoms with Gasteiger partial charge in [-0.25, -0.2) is 4.98 Å². The van der Waals surface area contributed by atoms with Crippen LogP contribution >= 0.6 is 0 Å². The minimum Gasteiger partial charge on any atom is -0.373 e. The van der Waals surface area contributed by atoms with Crippen molar-refractivity contribution in [2.45, 2.75) is 31.8 Å². The normalized spacial score (nSPS) is 20.7. The Bertz CT molecular complexity index is 968. The summed E-state index contributed by atoms with van der Waals surface area (Å²) in [6.07, 6.45) is 7.09. The van der Waals surface area contributed by atoms with Gasteiger partial charge in [0, 0.05) is 43.9 Å². The van der Waals surface area contributed by atoms with Crippen LogP contribution in [0.5, 0.6) is 0 Å². The van der Waals surface area contributed by atoms with E-state index < -0.39 is 0 Å². The Morgan fingerprint density at radius 3 is 3.00 bits per heavy atom. The van der Waals surface area contributed by atoms with E-state index in [1.165, 1.54) is 0 Å². The molecule has 0 radical (unpaired) electrons. The molecule has 0 saturated carbocycles. The van der Waals surface area contributed by atoms with Gasteiger partial charge in [0.25, 0.3) is 5.56 Å². The highest BCUT2D eigenvalue weighted by Crippen LogP contribution is 2.36. The van der Waals surface area contributed by atoms with Gasteiger partial charge in [-0.2, -0.15) is 0 Å². The highest BCUT2D eigenvalue weighted by Gasteiger charge is 2.26. The summed E-state index contributed by atoms with van der Waals surface area (Å²) in [6, 6.07) is 5.93. The van der Waals surface area contributed by atoms with Crippen molar-refractivity contribution >= 4 is 10.9 Å². The van der Waals surface area contributed by atoms with Crippen LogP contribution in [-0.4, -0.2) is 26.1 Å². The van der Waals surface area contributed by atoms with E-state index in [1.54, 1.807) is 24.0 Å². The zero-order chi connectivity index (χ0) is 17.4. The third-order valence-corrected chi connectivity index (χ3v) is 4.96. The minimum atomic E-state index is -0.0539. The number of rotatable bonds is 2. The lowest BCUT2D eigenvalue weighted by Gasteiger charge is -2.29. The average molecular weight is 336 g/mol. The first-order valence-corrected chi connectivity index (χ1v) is 8.48. The summed E-state index contributed by atoms with van der Waals surface area (Å²) in [4.78, 5) is 25.6. The molecule has 0 amide bonds. The molecule has 6 nitrogen and oxygen atoms in total. The monoisotopic (exact) mass is 336 g/mol. The van der Waals surface area contributed by atoms with Crippen LogP contribution in [-0.2, 0) is 11.8 Å². The van der Waals surface area contributed by atoms with Gasteiger partial charge in [0.15, 0.2) is 0 Å². The fraction of sp³-hybridized carbons (Fsp3) is 0.368. The van der Waals surface area contributed by atoms with E-state index in [9.17, 15) is 4.79 Å². The smallest absolute Gasteiger partial charge is 0.262 e. The van der Waals surface area contributed by atoms with Gasteiger partial charge in [-0.1, -0.05) is 6.07 Å². The molecular formula is C19H20N4O2. The Morgan fingerprint density at radius 1 is 1.32 bits per heavy atom. The zero-order valence-corrected chi connectivity index (χ0v) is 14.3. The van der Waals surface area contributed by atoms with E-state index in [0.717, 1.165) is 29.6 Å². The Balaban J connectivity index is 1.67. The summed E-state index contributed by atoms with van der Waals surface area (Å²) < 4.78 is 7.47. The number of hydrogen-bond donors (Lipinski definition) is 0. The van der Waals surface area contributed by atoms with Crippen LogP contribution in [0, 0.1) is 6.92 Å². The van der Waals surface area contributed by atoms with Crippen molar-refractivity contribution in [2.75, 3.05) is 6.61 Å². The number of nitrogens with zero attached hydrogens (tertiary/aromatic N) is 4. The molecule has 0 aliphatic carbocycles. The van der Waals surface area contributed by atoms with E-state index in [4.69, 9.17) is 4.74 Å². The predicted molar refractivity (Wildman–Crippen MR) is 94.4 cm³/mol. The van der Waals surface area contributed by atoms with Crippen molar-refractivity contribution in [3.63, 3.8) is 0 Å². The van der Waals surface area contributed by atoms with E-state index in [-0.39, 0.29) is 17.6 Å². The first-order chi connectivity index (χ1) is 12.1. The summed E-state index contributed by atoms with van der Waals surface area (Å²) in [5.74, 6) is 0.990. The maximum Gasteiger partial charge on any atom is 0.262 e. The molecule has 0 spiro atoms. The Morgan fingerprint density at radius 2 is 2.20 bits per heavy atom. The lowest BCUT2D eigenvalue weighted by atomic mass is 9.89. The maximum absolute atomic E-state index is 12.3. The molecule has 1 saturated heterocycles. The van der Waals surface area contributed by atoms with Crippen molar-refractivity contribution in [1.29, 1.82) is 0 Å². The molecule has 0 aromatic carbocycles. The zero-order valence-electron chi connectivity index (χ0n) is 14.3. The summed E-state index contributed by atoms with van der Waals surface area (Å²) >= 11 is 0. The highest BCUT2D eigenvalue weighted by molar-refractivity contribution is 5.77. The van der Waals surface area contributed by atoms with Crippen LogP contribution in [0.15, 0.2) is 41.6 Å². The summed E-state index contributed by atoms with van der Waals surface area (Å²) in [5, 5.41) is 0.563. The van der Waals surface area contributed by atoms with E-state index in [1.807, 2.05) is 31.3 Å². The molecule has 2 atom stereocenters. The van der Waals surface area contributed by atoms with Crippen LogP contribution in [0.1, 0.15) is 41.9 Å². The first kappa shape index (κ1) is 15.9. The van der Waals surface area contributed by atoms with Gasteiger partial charge < -0.3 is 4.74 Å².